The Balaban J connectivity index is 1.12. The molecule has 2 aromatic carbocycles. The number of benzene rings is 2. The number of aromatic nitrogens is 1. The molecule has 5 unspecified atom stereocenters. The third kappa shape index (κ3) is 7.36. The molecule has 7 rings (SSSR count). The predicted octanol–water partition coefficient (Wildman–Crippen LogP) is 4.04. The fourth-order valence-electron chi connectivity index (χ4n) is 7.09. The first kappa shape index (κ1) is 34.0. The molecule has 13 nitrogen and oxygen atoms in total. The van der Waals surface area contributed by atoms with Gasteiger partial charge in [-0.15, -0.1) is 0 Å². The highest BCUT2D eigenvalue weighted by molar-refractivity contribution is 7.89. The Bertz CT molecular complexity index is 1780. The molecule has 2 aliphatic carbocycles. The first-order valence-corrected chi connectivity index (χ1v) is 18.3. The number of rotatable bonds is 14. The molecule has 0 radical (unpaired) electrons. The molecular formula is C34H43FN4O9S. The summed E-state index contributed by atoms with van der Waals surface area (Å²) in [6, 6.07) is 8.37. The van der Waals surface area contributed by atoms with Crippen LogP contribution in [0.4, 0.5) is 15.2 Å². The number of aliphatic hydroxyl groups excluding tert-OH is 1. The summed E-state index contributed by atoms with van der Waals surface area (Å²) in [5, 5.41) is 17.7. The maximum absolute atomic E-state index is 14.3. The SMILES string of the molecule is COc1cc(C[C@H](NC(=O)OC2C3COC4OC2CC4C3)[C@H](O)CN(CC(C)C)S(=O)(=O)c2ccc3nc(NC4CC4)oc3c2)ccc1F. The Morgan fingerprint density at radius 2 is 1.96 bits per heavy atom. The lowest BCUT2D eigenvalue weighted by Gasteiger charge is -2.37. The standard InChI is InChI=1S/C34H43FN4O9S/c1-18(2)15-39(49(42,43)23-7-9-25-29(14-23)47-33(37-25)36-22-5-6-22)16-27(40)26(10-19-4-8-24(35)28(11-19)44-3)38-34(41)48-31-21-12-20-13-30(31)46-32(20)45-17-21/h4,7-9,11,14,18,20-22,26-27,30-32,40H,5-6,10,12-13,15-17H2,1-3H3,(H,36,37)(H,38,41)/t20?,21?,26-,27+,30?,31?,32?/m0/s1. The quantitative estimate of drug-likeness (QED) is 0.222. The van der Waals surface area contributed by atoms with E-state index in [0.717, 1.165) is 25.7 Å². The Kier molecular flexibility index (Phi) is 9.47. The van der Waals surface area contributed by atoms with Crippen molar-refractivity contribution in [1.82, 2.24) is 14.6 Å². The first-order chi connectivity index (χ1) is 23.5. The lowest BCUT2D eigenvalue weighted by atomic mass is 9.78. The van der Waals surface area contributed by atoms with Crippen LogP contribution in [0.3, 0.4) is 0 Å². The zero-order chi connectivity index (χ0) is 34.4. The Morgan fingerprint density at radius 1 is 1.14 bits per heavy atom. The Hall–Kier alpha value is -3.50. The van der Waals surface area contributed by atoms with E-state index in [0.29, 0.717) is 35.3 Å². The number of hydrogen-bond donors (Lipinski definition) is 3. The molecule has 1 aromatic heterocycles. The van der Waals surface area contributed by atoms with Crippen LogP contribution in [0.5, 0.6) is 5.75 Å². The second-order valence-electron chi connectivity index (χ2n) is 14.0. The van der Waals surface area contributed by atoms with Crippen LogP contribution in [-0.4, -0.2) is 92.4 Å². The zero-order valence-electron chi connectivity index (χ0n) is 27.7. The summed E-state index contributed by atoms with van der Waals surface area (Å²) in [7, 11) is -2.81. The number of carbonyl (C=O) groups is 1. The van der Waals surface area contributed by atoms with Gasteiger partial charge >= 0.3 is 6.09 Å². The summed E-state index contributed by atoms with van der Waals surface area (Å²) in [5.74, 6) is -0.376. The van der Waals surface area contributed by atoms with Gasteiger partial charge in [0, 0.05) is 37.0 Å². The Labute approximate surface area is 284 Å². The monoisotopic (exact) mass is 702 g/mol. The number of nitrogens with zero attached hydrogens (tertiary/aromatic N) is 2. The lowest BCUT2D eigenvalue weighted by Crippen LogP contribution is -2.53. The van der Waals surface area contributed by atoms with Gasteiger partial charge in [-0.1, -0.05) is 19.9 Å². The smallest absolute Gasteiger partial charge is 0.407 e. The van der Waals surface area contributed by atoms with Gasteiger partial charge in [-0.3, -0.25) is 0 Å². The van der Waals surface area contributed by atoms with Crippen molar-refractivity contribution in [2.45, 2.75) is 87.5 Å². The zero-order valence-corrected chi connectivity index (χ0v) is 28.5. The highest BCUT2D eigenvalue weighted by Crippen LogP contribution is 2.46. The van der Waals surface area contributed by atoms with Crippen LogP contribution in [0.25, 0.3) is 11.1 Å². The molecule has 49 heavy (non-hydrogen) atoms. The number of carbonyl (C=O) groups excluding carboxylic acids is 1. The van der Waals surface area contributed by atoms with E-state index in [2.05, 4.69) is 15.6 Å². The van der Waals surface area contributed by atoms with Crippen molar-refractivity contribution < 1.29 is 46.1 Å². The third-order valence-corrected chi connectivity index (χ3v) is 11.5. The minimum Gasteiger partial charge on any atom is -0.494 e. The van der Waals surface area contributed by atoms with Crippen LogP contribution in [0.1, 0.15) is 45.1 Å². The largest absolute Gasteiger partial charge is 0.494 e. The summed E-state index contributed by atoms with van der Waals surface area (Å²) in [5.41, 5.74) is 1.39. The van der Waals surface area contributed by atoms with Crippen LogP contribution in [0.15, 0.2) is 45.7 Å². The number of ether oxygens (including phenoxy) is 4. The number of hydrogen-bond acceptors (Lipinski definition) is 11. The average molecular weight is 703 g/mol. The predicted molar refractivity (Wildman–Crippen MR) is 175 cm³/mol. The number of aliphatic hydroxyl groups is 1. The van der Waals surface area contributed by atoms with Crippen molar-refractivity contribution in [2.75, 3.05) is 32.1 Å². The van der Waals surface area contributed by atoms with Gasteiger partial charge in [0.25, 0.3) is 6.01 Å². The second-order valence-corrected chi connectivity index (χ2v) is 15.9. The van der Waals surface area contributed by atoms with Gasteiger partial charge in [0.1, 0.15) is 11.6 Å². The summed E-state index contributed by atoms with van der Waals surface area (Å²) in [6.45, 7) is 3.92. The molecule has 2 aliphatic heterocycles. The van der Waals surface area contributed by atoms with Gasteiger partial charge in [0.15, 0.2) is 23.4 Å². The van der Waals surface area contributed by atoms with Crippen molar-refractivity contribution >= 4 is 33.2 Å². The third-order valence-electron chi connectivity index (χ3n) is 9.68. The number of methoxy groups -OCH3 is 1. The van der Waals surface area contributed by atoms with Crippen molar-refractivity contribution in [2.24, 2.45) is 17.8 Å². The highest BCUT2D eigenvalue weighted by atomic mass is 32.2. The second kappa shape index (κ2) is 13.7. The normalized spacial score (nSPS) is 25.9. The van der Waals surface area contributed by atoms with Crippen LogP contribution in [-0.2, 0) is 30.7 Å². The van der Waals surface area contributed by atoms with Crippen molar-refractivity contribution in [1.29, 1.82) is 0 Å². The van der Waals surface area contributed by atoms with E-state index in [1.165, 1.54) is 41.7 Å². The number of nitrogens with one attached hydrogen (secondary N) is 2. The molecule has 1 amide bonds. The molecule has 0 spiro atoms. The van der Waals surface area contributed by atoms with E-state index in [1.807, 2.05) is 13.8 Å². The number of fused-ring (bicyclic) bond motifs is 3. The van der Waals surface area contributed by atoms with Crippen molar-refractivity contribution in [3.8, 4) is 5.75 Å². The molecule has 3 bridgehead atoms. The minimum atomic E-state index is -4.15. The van der Waals surface area contributed by atoms with E-state index in [9.17, 15) is 22.7 Å². The molecule has 7 atom stereocenters. The molecule has 2 saturated carbocycles. The maximum atomic E-state index is 14.3. The molecule has 3 aromatic rings. The van der Waals surface area contributed by atoms with Crippen LogP contribution in [0, 0.1) is 23.6 Å². The van der Waals surface area contributed by atoms with Gasteiger partial charge in [-0.2, -0.15) is 9.29 Å². The Morgan fingerprint density at radius 3 is 2.71 bits per heavy atom. The number of anilines is 1. The number of sulfonamides is 1. The number of amides is 1. The molecule has 3 heterocycles. The van der Waals surface area contributed by atoms with Gasteiger partial charge in [-0.05, 0) is 67.9 Å². The lowest BCUT2D eigenvalue weighted by molar-refractivity contribution is -0.153. The summed E-state index contributed by atoms with van der Waals surface area (Å²) in [4.78, 5) is 17.8. The van der Waals surface area contributed by atoms with Crippen LogP contribution < -0.4 is 15.4 Å². The molecular weight excluding hydrogens is 659 g/mol. The topological polar surface area (TPSA) is 162 Å². The van der Waals surface area contributed by atoms with E-state index in [-0.39, 0.29) is 60.3 Å². The molecule has 15 heteroatoms. The van der Waals surface area contributed by atoms with Crippen LogP contribution >= 0.6 is 0 Å². The van der Waals surface area contributed by atoms with Crippen molar-refractivity contribution in [3.05, 3.63) is 47.8 Å². The number of oxazole rings is 1. The van der Waals surface area contributed by atoms with Gasteiger partial charge < -0.3 is 39.1 Å². The van der Waals surface area contributed by atoms with E-state index in [4.69, 9.17) is 23.4 Å². The molecule has 4 fully saturated rings. The van der Waals surface area contributed by atoms with Crippen molar-refractivity contribution in [3.63, 3.8) is 0 Å². The van der Waals surface area contributed by atoms with E-state index < -0.39 is 40.2 Å². The van der Waals surface area contributed by atoms with E-state index >= 15 is 0 Å². The minimum absolute atomic E-state index is 0.00144. The molecule has 266 valence electrons. The number of alkyl carbamates (subject to hydrolysis) is 1. The van der Waals surface area contributed by atoms with Gasteiger partial charge in [0.05, 0.1) is 36.9 Å². The first-order valence-electron chi connectivity index (χ1n) is 16.9. The summed E-state index contributed by atoms with van der Waals surface area (Å²) in [6.07, 6.45) is 0.422. The fourth-order valence-corrected chi connectivity index (χ4v) is 8.73. The summed E-state index contributed by atoms with van der Waals surface area (Å²) < 4.78 is 72.3. The van der Waals surface area contributed by atoms with E-state index in [1.54, 1.807) is 6.07 Å². The summed E-state index contributed by atoms with van der Waals surface area (Å²) >= 11 is 0. The molecule has 2 saturated heterocycles. The number of halogens is 1. The molecule has 4 aliphatic rings. The molecule has 3 N–H and O–H groups in total. The van der Waals surface area contributed by atoms with Gasteiger partial charge in [0.2, 0.25) is 10.0 Å². The average Bonchev–Trinajstić information content (AvgIpc) is 3.70. The van der Waals surface area contributed by atoms with Gasteiger partial charge in [-0.25, -0.2) is 17.6 Å². The van der Waals surface area contributed by atoms with Crippen LogP contribution in [0.2, 0.25) is 0 Å². The maximum Gasteiger partial charge on any atom is 0.407 e. The fraction of sp³-hybridized carbons (Fsp3) is 0.588. The highest BCUT2D eigenvalue weighted by Gasteiger charge is 2.53.